The summed E-state index contributed by atoms with van der Waals surface area (Å²) < 4.78 is 1.10. The molecule has 67 valence electrons. The van der Waals surface area contributed by atoms with Crippen LogP contribution in [0, 0.1) is 0 Å². The van der Waals surface area contributed by atoms with Crippen LogP contribution < -0.4 is 5.19 Å². The Morgan fingerprint density at radius 1 is 0.857 bits per heavy atom. The van der Waals surface area contributed by atoms with Gasteiger partial charge in [-0.15, -0.1) is 0 Å². The highest BCUT2D eigenvalue weighted by molar-refractivity contribution is 9.10. The zero-order valence-electron chi connectivity index (χ0n) is 7.50. The quantitative estimate of drug-likeness (QED) is 0.692. The molecule has 2 aromatic rings. The molecule has 2 heteroatoms. The van der Waals surface area contributed by atoms with E-state index in [0.717, 1.165) is 9.66 Å². The molecule has 0 aliphatic heterocycles. The maximum atomic E-state index is 3.59. The van der Waals surface area contributed by atoms with Crippen LogP contribution in [-0.4, -0.2) is 10.2 Å². The summed E-state index contributed by atoms with van der Waals surface area (Å²) in [6, 6.07) is 16.5. The Morgan fingerprint density at radius 3 is 2.14 bits per heavy atom. The van der Waals surface area contributed by atoms with Crippen molar-refractivity contribution in [3.8, 4) is 11.1 Å². The first kappa shape index (κ1) is 9.68. The van der Waals surface area contributed by atoms with Crippen LogP contribution in [0.25, 0.3) is 11.1 Å². The molecule has 0 amide bonds. The highest BCUT2D eigenvalue weighted by atomic mass is 79.9. The van der Waals surface area contributed by atoms with Crippen molar-refractivity contribution in [3.63, 3.8) is 0 Å². The highest BCUT2D eigenvalue weighted by Gasteiger charge is 1.99. The summed E-state index contributed by atoms with van der Waals surface area (Å²) in [7, 11) is 3.59. The second kappa shape index (κ2) is 4.11. The minimum atomic E-state index is 1.10. The molecule has 2 rings (SSSR count). The summed E-state index contributed by atoms with van der Waals surface area (Å²) in [5.74, 6) is 0. The third-order valence-corrected chi connectivity index (χ3v) is 3.05. The van der Waals surface area contributed by atoms with E-state index in [1.807, 2.05) is 30.3 Å². The van der Waals surface area contributed by atoms with Crippen LogP contribution in [0.2, 0.25) is 0 Å². The number of halogens is 1. The minimum Gasteiger partial charge on any atom is -0.0632 e. The van der Waals surface area contributed by atoms with Crippen molar-refractivity contribution in [3.05, 3.63) is 53.0 Å². The van der Waals surface area contributed by atoms with Crippen molar-refractivity contribution < 1.29 is 0 Å². The summed E-state index contributed by atoms with van der Waals surface area (Å²) in [6.45, 7) is 0. The lowest BCUT2D eigenvalue weighted by Crippen LogP contribution is -2.04. The molecule has 0 aliphatic rings. The van der Waals surface area contributed by atoms with Crippen LogP contribution in [-0.2, 0) is 0 Å². The lowest BCUT2D eigenvalue weighted by molar-refractivity contribution is 1.61. The molecule has 2 aromatic carbocycles. The maximum absolute atomic E-state index is 3.59. The fourth-order valence-electron chi connectivity index (χ4n) is 1.36. The van der Waals surface area contributed by atoms with Crippen LogP contribution >= 0.6 is 15.9 Å². The van der Waals surface area contributed by atoms with Gasteiger partial charge in [0, 0.05) is 4.47 Å². The largest absolute Gasteiger partial charge is 0.0720 e. The monoisotopic (exact) mass is 259 g/mol. The summed E-state index contributed by atoms with van der Waals surface area (Å²) in [4.78, 5) is 0. The summed E-state index contributed by atoms with van der Waals surface area (Å²) in [6.07, 6.45) is 0. The van der Waals surface area contributed by atoms with E-state index in [0.29, 0.717) is 0 Å². The van der Waals surface area contributed by atoms with Gasteiger partial charge >= 0.3 is 0 Å². The Bertz CT molecular complexity index is 434. The zero-order chi connectivity index (χ0) is 9.97. The highest BCUT2D eigenvalue weighted by Crippen LogP contribution is 2.19. The molecule has 0 atom stereocenters. The number of hydrogen-bond acceptors (Lipinski definition) is 0. The van der Waals surface area contributed by atoms with Gasteiger partial charge in [0.25, 0.3) is 0 Å². The Morgan fingerprint density at radius 2 is 1.50 bits per heavy atom. The van der Waals surface area contributed by atoms with E-state index in [2.05, 4.69) is 44.4 Å². The first-order chi connectivity index (χ1) is 6.77. The van der Waals surface area contributed by atoms with Crippen molar-refractivity contribution in [2.24, 2.45) is 0 Å². The smallest absolute Gasteiger partial charge is 0.0632 e. The third-order valence-electron chi connectivity index (χ3n) is 2.08. The average molecular weight is 260 g/mol. The molecule has 14 heavy (non-hydrogen) atoms. The SMILES string of the molecule is [Si]c1ccccc1-c1ccc(Br)cc1. The molecule has 0 unspecified atom stereocenters. The average Bonchev–Trinajstić information content (AvgIpc) is 2.20. The van der Waals surface area contributed by atoms with Crippen molar-refractivity contribution in [1.29, 1.82) is 0 Å². The predicted octanol–water partition coefficient (Wildman–Crippen LogP) is 2.91. The maximum Gasteiger partial charge on any atom is 0.0720 e. The van der Waals surface area contributed by atoms with Crippen molar-refractivity contribution in [2.45, 2.75) is 0 Å². The van der Waals surface area contributed by atoms with Gasteiger partial charge in [-0.1, -0.05) is 57.5 Å². The number of rotatable bonds is 1. The Hall–Kier alpha value is -0.863. The minimum absolute atomic E-state index is 1.10. The van der Waals surface area contributed by atoms with Gasteiger partial charge in [0.2, 0.25) is 0 Å². The van der Waals surface area contributed by atoms with Gasteiger partial charge in [-0.05, 0) is 23.3 Å². The van der Waals surface area contributed by atoms with Gasteiger partial charge in [0.05, 0.1) is 10.2 Å². The van der Waals surface area contributed by atoms with E-state index in [1.54, 1.807) is 0 Å². The first-order valence-electron chi connectivity index (χ1n) is 4.34. The van der Waals surface area contributed by atoms with Crippen LogP contribution in [0.5, 0.6) is 0 Å². The molecule has 0 N–H and O–H groups in total. The third kappa shape index (κ3) is 1.96. The Labute approximate surface area is 95.5 Å². The normalized spacial score (nSPS) is 10.1. The summed E-state index contributed by atoms with van der Waals surface area (Å²) in [5.41, 5.74) is 2.44. The number of benzene rings is 2. The van der Waals surface area contributed by atoms with Crippen LogP contribution in [0.3, 0.4) is 0 Å². The molecule has 0 saturated carbocycles. The second-order valence-electron chi connectivity index (χ2n) is 3.05. The molecule has 0 spiro atoms. The molecule has 0 bridgehead atoms. The van der Waals surface area contributed by atoms with Gasteiger partial charge in [-0.2, -0.15) is 0 Å². The molecule has 0 nitrogen and oxygen atoms in total. The molecule has 0 saturated heterocycles. The van der Waals surface area contributed by atoms with Gasteiger partial charge < -0.3 is 0 Å². The second-order valence-corrected chi connectivity index (χ2v) is 4.51. The van der Waals surface area contributed by atoms with E-state index < -0.39 is 0 Å². The molecular formula is C12H8BrSi. The standard InChI is InChI=1S/C12H8BrSi/c13-10-7-5-9(6-8-10)11-3-1-2-4-12(11)14/h1-8H. The van der Waals surface area contributed by atoms with E-state index in [9.17, 15) is 0 Å². The summed E-state index contributed by atoms with van der Waals surface area (Å²) in [5, 5.41) is 1.12. The van der Waals surface area contributed by atoms with Gasteiger partial charge in [0.15, 0.2) is 0 Å². The Kier molecular flexibility index (Phi) is 2.84. The molecule has 3 radical (unpaired) electrons. The van der Waals surface area contributed by atoms with Gasteiger partial charge in [-0.3, -0.25) is 0 Å². The van der Waals surface area contributed by atoms with Crippen LogP contribution in [0.1, 0.15) is 0 Å². The lowest BCUT2D eigenvalue weighted by Gasteiger charge is -2.05. The van der Waals surface area contributed by atoms with Crippen molar-refractivity contribution in [1.82, 2.24) is 0 Å². The topological polar surface area (TPSA) is 0 Å². The van der Waals surface area contributed by atoms with E-state index in [-0.39, 0.29) is 0 Å². The summed E-state index contributed by atoms with van der Waals surface area (Å²) >= 11 is 3.42. The fraction of sp³-hybridized carbons (Fsp3) is 0. The van der Waals surface area contributed by atoms with E-state index in [4.69, 9.17) is 0 Å². The fourth-order valence-corrected chi connectivity index (χ4v) is 1.95. The van der Waals surface area contributed by atoms with Crippen molar-refractivity contribution >= 4 is 31.4 Å². The van der Waals surface area contributed by atoms with E-state index >= 15 is 0 Å². The molecule has 0 fully saturated rings. The van der Waals surface area contributed by atoms with E-state index in [1.165, 1.54) is 11.1 Å². The Balaban J connectivity index is 2.50. The van der Waals surface area contributed by atoms with Crippen molar-refractivity contribution in [2.75, 3.05) is 0 Å². The van der Waals surface area contributed by atoms with Crippen LogP contribution in [0.15, 0.2) is 53.0 Å². The number of hydrogen-bond donors (Lipinski definition) is 0. The predicted molar refractivity (Wildman–Crippen MR) is 65.0 cm³/mol. The zero-order valence-corrected chi connectivity index (χ0v) is 10.1. The van der Waals surface area contributed by atoms with Gasteiger partial charge in [0.1, 0.15) is 0 Å². The molecular weight excluding hydrogens is 252 g/mol. The first-order valence-corrected chi connectivity index (χ1v) is 5.63. The van der Waals surface area contributed by atoms with Gasteiger partial charge in [-0.25, -0.2) is 0 Å². The molecule has 0 aromatic heterocycles. The molecule has 0 aliphatic carbocycles. The lowest BCUT2D eigenvalue weighted by atomic mass is 10.1. The molecule has 0 heterocycles. The van der Waals surface area contributed by atoms with Crippen LogP contribution in [0.4, 0.5) is 0 Å².